The molecule has 1 saturated carbocycles. The molecule has 1 aliphatic carbocycles. The monoisotopic (exact) mass is 154 g/mol. The van der Waals surface area contributed by atoms with Crippen LogP contribution in [0.5, 0.6) is 0 Å². The van der Waals surface area contributed by atoms with Crippen LogP contribution in [0.15, 0.2) is 12.2 Å². The first-order chi connectivity index (χ1) is 5.19. The fraction of sp³-hybridized carbons (Fsp3) is 0.800. The number of hydrogen-bond acceptors (Lipinski definition) is 1. The van der Waals surface area contributed by atoms with Gasteiger partial charge in [0, 0.05) is 0 Å². The molecule has 0 aliphatic heterocycles. The van der Waals surface area contributed by atoms with E-state index in [9.17, 15) is 5.11 Å². The van der Waals surface area contributed by atoms with Crippen LogP contribution in [0.4, 0.5) is 0 Å². The van der Waals surface area contributed by atoms with E-state index in [-0.39, 0.29) is 0 Å². The van der Waals surface area contributed by atoms with Crippen LogP contribution in [-0.2, 0) is 0 Å². The van der Waals surface area contributed by atoms with Gasteiger partial charge in [-0.15, -0.1) is 0 Å². The minimum absolute atomic E-state index is 0.507. The molecule has 11 heavy (non-hydrogen) atoms. The molecule has 0 aromatic rings. The first-order valence-corrected chi connectivity index (χ1v) is 4.59. The standard InChI is InChI=1S/C10H18O/c1-3-9(2)10(11)7-5-4-6-8-10/h11H,2-8H2,1H3. The zero-order valence-electron chi connectivity index (χ0n) is 7.40. The Morgan fingerprint density at radius 1 is 1.36 bits per heavy atom. The zero-order chi connectivity index (χ0) is 8.32. The Labute approximate surface area is 69.1 Å². The summed E-state index contributed by atoms with van der Waals surface area (Å²) in [5.74, 6) is 0. The molecule has 1 fully saturated rings. The van der Waals surface area contributed by atoms with Gasteiger partial charge in [-0.25, -0.2) is 0 Å². The van der Waals surface area contributed by atoms with Crippen LogP contribution in [0.1, 0.15) is 45.4 Å². The summed E-state index contributed by atoms with van der Waals surface area (Å²) in [6.07, 6.45) is 6.38. The molecule has 64 valence electrons. The van der Waals surface area contributed by atoms with Crippen LogP contribution < -0.4 is 0 Å². The highest BCUT2D eigenvalue weighted by Crippen LogP contribution is 2.34. The first kappa shape index (κ1) is 8.79. The van der Waals surface area contributed by atoms with E-state index in [1.165, 1.54) is 6.42 Å². The van der Waals surface area contributed by atoms with Gasteiger partial charge in [-0.1, -0.05) is 32.8 Å². The molecule has 0 unspecified atom stereocenters. The van der Waals surface area contributed by atoms with Crippen molar-refractivity contribution in [1.82, 2.24) is 0 Å². The van der Waals surface area contributed by atoms with Gasteiger partial charge in [0.2, 0.25) is 0 Å². The second-order valence-electron chi connectivity index (χ2n) is 3.55. The summed E-state index contributed by atoms with van der Waals surface area (Å²) in [4.78, 5) is 0. The van der Waals surface area contributed by atoms with E-state index in [0.717, 1.165) is 37.7 Å². The van der Waals surface area contributed by atoms with Gasteiger partial charge < -0.3 is 5.11 Å². The third-order valence-electron chi connectivity index (χ3n) is 2.77. The van der Waals surface area contributed by atoms with Crippen molar-refractivity contribution in [3.05, 3.63) is 12.2 Å². The van der Waals surface area contributed by atoms with Crippen LogP contribution in [-0.4, -0.2) is 10.7 Å². The maximum Gasteiger partial charge on any atom is 0.0854 e. The van der Waals surface area contributed by atoms with E-state index in [0.29, 0.717) is 0 Å². The van der Waals surface area contributed by atoms with Crippen molar-refractivity contribution in [1.29, 1.82) is 0 Å². The lowest BCUT2D eigenvalue weighted by Gasteiger charge is -2.33. The Balaban J connectivity index is 2.56. The highest BCUT2D eigenvalue weighted by atomic mass is 16.3. The van der Waals surface area contributed by atoms with Crippen molar-refractivity contribution in [2.24, 2.45) is 0 Å². The molecule has 0 spiro atoms. The maximum atomic E-state index is 10.0. The van der Waals surface area contributed by atoms with Crippen LogP contribution in [0.3, 0.4) is 0 Å². The summed E-state index contributed by atoms with van der Waals surface area (Å²) < 4.78 is 0. The van der Waals surface area contributed by atoms with E-state index in [2.05, 4.69) is 13.5 Å². The van der Waals surface area contributed by atoms with E-state index in [4.69, 9.17) is 0 Å². The molecule has 1 aliphatic rings. The summed E-state index contributed by atoms with van der Waals surface area (Å²) in [5.41, 5.74) is 0.518. The van der Waals surface area contributed by atoms with Crippen molar-refractivity contribution < 1.29 is 5.11 Å². The molecule has 0 aromatic carbocycles. The van der Waals surface area contributed by atoms with Crippen molar-refractivity contribution in [2.75, 3.05) is 0 Å². The first-order valence-electron chi connectivity index (χ1n) is 4.59. The van der Waals surface area contributed by atoms with E-state index in [1.807, 2.05) is 0 Å². The Kier molecular flexibility index (Phi) is 2.72. The Morgan fingerprint density at radius 2 is 1.91 bits per heavy atom. The van der Waals surface area contributed by atoms with Crippen molar-refractivity contribution >= 4 is 0 Å². The van der Waals surface area contributed by atoms with Gasteiger partial charge >= 0.3 is 0 Å². The summed E-state index contributed by atoms with van der Waals surface area (Å²) in [6, 6.07) is 0. The predicted molar refractivity (Wildman–Crippen MR) is 47.5 cm³/mol. The zero-order valence-corrected chi connectivity index (χ0v) is 7.40. The topological polar surface area (TPSA) is 20.2 Å². The molecular formula is C10H18O. The minimum Gasteiger partial charge on any atom is -0.386 e. The molecule has 0 atom stereocenters. The lowest BCUT2D eigenvalue weighted by molar-refractivity contribution is 0.0375. The Bertz CT molecular complexity index is 143. The SMILES string of the molecule is C=C(CC)C1(O)CCCCC1. The molecule has 0 heterocycles. The Morgan fingerprint density at radius 3 is 2.36 bits per heavy atom. The van der Waals surface area contributed by atoms with Gasteiger partial charge in [0.05, 0.1) is 5.60 Å². The van der Waals surface area contributed by atoms with Crippen LogP contribution in [0.25, 0.3) is 0 Å². The van der Waals surface area contributed by atoms with Gasteiger partial charge in [0.25, 0.3) is 0 Å². The molecule has 0 aromatic heterocycles. The number of rotatable bonds is 2. The quantitative estimate of drug-likeness (QED) is 0.606. The highest BCUT2D eigenvalue weighted by molar-refractivity contribution is 5.12. The molecule has 0 saturated heterocycles. The molecule has 0 amide bonds. The van der Waals surface area contributed by atoms with Crippen LogP contribution in [0.2, 0.25) is 0 Å². The van der Waals surface area contributed by atoms with Crippen LogP contribution >= 0.6 is 0 Å². The number of hydrogen-bond donors (Lipinski definition) is 1. The summed E-state index contributed by atoms with van der Waals surface area (Å²) in [6.45, 7) is 5.98. The molecular weight excluding hydrogens is 136 g/mol. The van der Waals surface area contributed by atoms with E-state index >= 15 is 0 Å². The highest BCUT2D eigenvalue weighted by Gasteiger charge is 2.30. The fourth-order valence-electron chi connectivity index (χ4n) is 1.82. The molecule has 0 radical (unpaired) electrons. The average Bonchev–Trinajstić information content (AvgIpc) is 2.04. The van der Waals surface area contributed by atoms with Crippen LogP contribution in [0, 0.1) is 0 Å². The largest absolute Gasteiger partial charge is 0.386 e. The van der Waals surface area contributed by atoms with Gasteiger partial charge in [-0.2, -0.15) is 0 Å². The molecule has 1 N–H and O–H groups in total. The summed E-state index contributed by atoms with van der Waals surface area (Å²) in [5, 5.41) is 10.0. The molecule has 1 rings (SSSR count). The summed E-state index contributed by atoms with van der Waals surface area (Å²) >= 11 is 0. The molecule has 1 heteroatoms. The Hall–Kier alpha value is -0.300. The molecule has 1 nitrogen and oxygen atoms in total. The minimum atomic E-state index is -0.507. The smallest absolute Gasteiger partial charge is 0.0854 e. The molecule has 0 bridgehead atoms. The van der Waals surface area contributed by atoms with Crippen molar-refractivity contribution in [2.45, 2.75) is 51.0 Å². The van der Waals surface area contributed by atoms with Crippen molar-refractivity contribution in [3.8, 4) is 0 Å². The second kappa shape index (κ2) is 3.40. The third-order valence-corrected chi connectivity index (χ3v) is 2.77. The lowest BCUT2D eigenvalue weighted by atomic mass is 9.79. The summed E-state index contributed by atoms with van der Waals surface area (Å²) in [7, 11) is 0. The second-order valence-corrected chi connectivity index (χ2v) is 3.55. The average molecular weight is 154 g/mol. The van der Waals surface area contributed by atoms with E-state index in [1.54, 1.807) is 0 Å². The maximum absolute atomic E-state index is 10.0. The van der Waals surface area contributed by atoms with Gasteiger partial charge in [0.1, 0.15) is 0 Å². The van der Waals surface area contributed by atoms with Gasteiger partial charge in [0.15, 0.2) is 0 Å². The van der Waals surface area contributed by atoms with Gasteiger partial charge in [-0.05, 0) is 24.8 Å². The third kappa shape index (κ3) is 1.84. The van der Waals surface area contributed by atoms with E-state index < -0.39 is 5.60 Å². The van der Waals surface area contributed by atoms with Crippen molar-refractivity contribution in [3.63, 3.8) is 0 Å². The number of aliphatic hydroxyl groups is 1. The predicted octanol–water partition coefficient (Wildman–Crippen LogP) is 2.65. The van der Waals surface area contributed by atoms with Gasteiger partial charge in [-0.3, -0.25) is 0 Å². The normalized spacial score (nSPS) is 23.1. The lowest BCUT2D eigenvalue weighted by Crippen LogP contribution is -2.32. The fourth-order valence-corrected chi connectivity index (χ4v) is 1.82.